The molecule has 5 rings (SSSR count). The van der Waals surface area contributed by atoms with Crippen LogP contribution in [-0.2, 0) is 0 Å². The van der Waals surface area contributed by atoms with Gasteiger partial charge in [-0.1, -0.05) is 11.6 Å². The van der Waals surface area contributed by atoms with Crippen molar-refractivity contribution in [2.24, 2.45) is 0 Å². The number of benzene rings is 1. The van der Waals surface area contributed by atoms with Crippen molar-refractivity contribution < 1.29 is 13.6 Å². The molecule has 0 unspecified atom stereocenters. The van der Waals surface area contributed by atoms with Crippen molar-refractivity contribution in [1.29, 1.82) is 0 Å². The Bertz CT molecular complexity index is 1200. The summed E-state index contributed by atoms with van der Waals surface area (Å²) in [5.74, 6) is 0.624. The van der Waals surface area contributed by atoms with Crippen LogP contribution in [0.5, 0.6) is 0 Å². The van der Waals surface area contributed by atoms with E-state index in [4.69, 9.17) is 21.0 Å². The molecule has 1 aliphatic heterocycles. The Morgan fingerprint density at radius 3 is 2.93 bits per heavy atom. The normalized spacial score (nSPS) is 16.6. The Hall–Kier alpha value is -3.19. The molecule has 0 N–H and O–H groups in total. The summed E-state index contributed by atoms with van der Waals surface area (Å²) in [6.07, 6.45) is 4.08. The fraction of sp³-hybridized carbons (Fsp3) is 0.190. The number of likely N-dealkylation sites (tertiary alicyclic amines) is 1. The van der Waals surface area contributed by atoms with Gasteiger partial charge in [0.15, 0.2) is 17.2 Å². The largest absolute Gasteiger partial charge is 0.461 e. The summed E-state index contributed by atoms with van der Waals surface area (Å²) in [6, 6.07) is 11.5. The summed E-state index contributed by atoms with van der Waals surface area (Å²) in [4.78, 5) is 23.8. The molecule has 146 valence electrons. The van der Waals surface area contributed by atoms with Crippen LogP contribution in [0.15, 0.2) is 59.3 Å². The van der Waals surface area contributed by atoms with Crippen molar-refractivity contribution in [2.45, 2.75) is 12.5 Å². The predicted octanol–water partition coefficient (Wildman–Crippen LogP) is 4.57. The van der Waals surface area contributed by atoms with E-state index >= 15 is 0 Å². The number of furan rings is 1. The van der Waals surface area contributed by atoms with Crippen molar-refractivity contribution in [3.05, 3.63) is 71.3 Å². The minimum absolute atomic E-state index is 0.00475. The van der Waals surface area contributed by atoms with Crippen molar-refractivity contribution in [3.8, 4) is 11.6 Å². The number of fused-ring (bicyclic) bond motifs is 1. The van der Waals surface area contributed by atoms with Gasteiger partial charge in [-0.3, -0.25) is 4.79 Å². The molecule has 0 aliphatic carbocycles. The van der Waals surface area contributed by atoms with E-state index in [0.717, 1.165) is 17.6 Å². The van der Waals surface area contributed by atoms with Crippen LogP contribution in [0.3, 0.4) is 0 Å². The summed E-state index contributed by atoms with van der Waals surface area (Å²) in [5.41, 5.74) is 1.90. The first-order valence-electron chi connectivity index (χ1n) is 9.23. The van der Waals surface area contributed by atoms with Crippen LogP contribution in [0, 0.1) is 5.82 Å². The van der Waals surface area contributed by atoms with Crippen LogP contribution in [0.4, 0.5) is 4.39 Å². The smallest absolute Gasteiger partial charge is 0.253 e. The molecule has 1 amide bonds. The number of nitrogens with zero attached hydrogens (tertiary/aromatic N) is 4. The summed E-state index contributed by atoms with van der Waals surface area (Å²) in [6.45, 7) is 1.06. The van der Waals surface area contributed by atoms with E-state index in [2.05, 4.69) is 4.98 Å². The molecule has 6 nitrogen and oxygen atoms in total. The van der Waals surface area contributed by atoms with Crippen molar-refractivity contribution >= 4 is 28.7 Å². The Labute approximate surface area is 170 Å². The minimum atomic E-state index is -0.540. The number of rotatable bonds is 3. The number of halogens is 2. The van der Waals surface area contributed by atoms with E-state index in [1.165, 1.54) is 18.2 Å². The molecule has 1 saturated heterocycles. The first-order chi connectivity index (χ1) is 14.1. The molecular formula is C21H16ClFN4O2. The highest BCUT2D eigenvalue weighted by Gasteiger charge is 2.32. The zero-order chi connectivity index (χ0) is 20.0. The van der Waals surface area contributed by atoms with E-state index in [9.17, 15) is 9.18 Å². The van der Waals surface area contributed by atoms with E-state index in [1.807, 2.05) is 28.8 Å². The maximum absolute atomic E-state index is 13.4. The maximum Gasteiger partial charge on any atom is 0.253 e. The molecule has 29 heavy (non-hydrogen) atoms. The van der Waals surface area contributed by atoms with Gasteiger partial charge in [-0.25, -0.2) is 14.4 Å². The molecule has 0 spiro atoms. The zero-order valence-corrected chi connectivity index (χ0v) is 16.0. The predicted molar refractivity (Wildman–Crippen MR) is 106 cm³/mol. The number of aromatic nitrogens is 3. The third-order valence-corrected chi connectivity index (χ3v) is 5.46. The lowest BCUT2D eigenvalue weighted by atomic mass is 10.2. The first kappa shape index (κ1) is 17.9. The van der Waals surface area contributed by atoms with Gasteiger partial charge in [-0.05, 0) is 48.9 Å². The lowest BCUT2D eigenvalue weighted by molar-refractivity contribution is 0.0788. The second kappa shape index (κ2) is 7.00. The molecule has 0 bridgehead atoms. The molecule has 8 heteroatoms. The Kier molecular flexibility index (Phi) is 4.32. The van der Waals surface area contributed by atoms with Crippen LogP contribution in [0.2, 0.25) is 5.02 Å². The quantitative estimate of drug-likeness (QED) is 0.496. The molecular weight excluding hydrogens is 395 g/mol. The summed E-state index contributed by atoms with van der Waals surface area (Å²) in [5, 5.41) is -0.0588. The van der Waals surface area contributed by atoms with Gasteiger partial charge in [0.25, 0.3) is 5.91 Å². The van der Waals surface area contributed by atoms with E-state index in [0.29, 0.717) is 30.2 Å². The van der Waals surface area contributed by atoms with E-state index in [1.54, 1.807) is 17.4 Å². The van der Waals surface area contributed by atoms with Gasteiger partial charge in [0.2, 0.25) is 0 Å². The van der Waals surface area contributed by atoms with Gasteiger partial charge in [0.1, 0.15) is 11.3 Å². The monoisotopic (exact) mass is 410 g/mol. The lowest BCUT2D eigenvalue weighted by Gasteiger charge is -2.18. The van der Waals surface area contributed by atoms with Crippen molar-refractivity contribution in [3.63, 3.8) is 0 Å². The minimum Gasteiger partial charge on any atom is -0.461 e. The molecule has 0 saturated carbocycles. The van der Waals surface area contributed by atoms with Crippen LogP contribution >= 0.6 is 11.6 Å². The van der Waals surface area contributed by atoms with E-state index in [-0.39, 0.29) is 17.0 Å². The molecule has 1 aliphatic rings. The average molecular weight is 411 g/mol. The van der Waals surface area contributed by atoms with Crippen LogP contribution < -0.4 is 0 Å². The number of imidazole rings is 1. The first-order valence-corrected chi connectivity index (χ1v) is 9.61. The van der Waals surface area contributed by atoms with Gasteiger partial charge < -0.3 is 13.9 Å². The molecule has 1 atom stereocenters. The highest BCUT2D eigenvalue weighted by Crippen LogP contribution is 2.33. The summed E-state index contributed by atoms with van der Waals surface area (Å²) >= 11 is 5.84. The summed E-state index contributed by atoms with van der Waals surface area (Å²) < 4.78 is 21.0. The number of pyridine rings is 1. The molecule has 4 aromatic rings. The molecule has 1 fully saturated rings. The van der Waals surface area contributed by atoms with Gasteiger partial charge in [0.05, 0.1) is 17.3 Å². The summed E-state index contributed by atoms with van der Waals surface area (Å²) in [7, 11) is 0. The van der Waals surface area contributed by atoms with Gasteiger partial charge >= 0.3 is 0 Å². The Balaban J connectivity index is 1.48. The molecule has 3 aromatic heterocycles. The zero-order valence-electron chi connectivity index (χ0n) is 15.3. The maximum atomic E-state index is 13.4. The third kappa shape index (κ3) is 3.07. The van der Waals surface area contributed by atoms with Gasteiger partial charge in [-0.15, -0.1) is 0 Å². The van der Waals surface area contributed by atoms with Gasteiger partial charge in [0, 0.05) is 24.8 Å². The van der Waals surface area contributed by atoms with Crippen LogP contribution in [0.25, 0.3) is 22.7 Å². The highest BCUT2D eigenvalue weighted by molar-refractivity contribution is 6.31. The fourth-order valence-electron chi connectivity index (χ4n) is 3.80. The van der Waals surface area contributed by atoms with Crippen LogP contribution in [0.1, 0.15) is 22.8 Å². The fourth-order valence-corrected chi connectivity index (χ4v) is 3.98. The average Bonchev–Trinajstić information content (AvgIpc) is 3.47. The standard InChI is InChI=1S/C21H16ClFN4O2/c22-15-11-13(5-6-16(15)23)21(28)26-9-7-14(12-26)27-19-17(3-1-8-24-19)25-20(27)18-4-2-10-29-18/h1-6,8,10-11,14H,7,9,12H2/t14-/m1/s1. The van der Waals surface area contributed by atoms with E-state index < -0.39 is 5.82 Å². The number of amides is 1. The molecule has 0 radical (unpaired) electrons. The van der Waals surface area contributed by atoms with Gasteiger partial charge in [-0.2, -0.15) is 0 Å². The molecule has 1 aromatic carbocycles. The number of carbonyl (C=O) groups is 1. The second-order valence-corrected chi connectivity index (χ2v) is 7.36. The number of hydrogen-bond donors (Lipinski definition) is 0. The van der Waals surface area contributed by atoms with Crippen LogP contribution in [-0.4, -0.2) is 38.4 Å². The third-order valence-electron chi connectivity index (χ3n) is 5.17. The Morgan fingerprint density at radius 1 is 1.24 bits per heavy atom. The number of hydrogen-bond acceptors (Lipinski definition) is 4. The van der Waals surface area contributed by atoms with Crippen molar-refractivity contribution in [2.75, 3.05) is 13.1 Å². The lowest BCUT2D eigenvalue weighted by Crippen LogP contribution is -2.29. The van der Waals surface area contributed by atoms with Crippen molar-refractivity contribution in [1.82, 2.24) is 19.4 Å². The number of carbonyl (C=O) groups excluding carboxylic acids is 1. The Morgan fingerprint density at radius 2 is 2.14 bits per heavy atom. The second-order valence-electron chi connectivity index (χ2n) is 6.95. The topological polar surface area (TPSA) is 64.2 Å². The highest BCUT2D eigenvalue weighted by atomic mass is 35.5. The SMILES string of the molecule is O=C(c1ccc(F)c(Cl)c1)N1CC[C@@H](n2c(-c3ccco3)nc3cccnc32)C1. The molecule has 4 heterocycles.